The summed E-state index contributed by atoms with van der Waals surface area (Å²) in [6.45, 7) is 12.6. The van der Waals surface area contributed by atoms with E-state index in [1.807, 2.05) is 30.3 Å². The zero-order valence-corrected chi connectivity index (χ0v) is 39.0. The van der Waals surface area contributed by atoms with Crippen LogP contribution in [0.3, 0.4) is 0 Å². The third kappa shape index (κ3) is 6.42. The van der Waals surface area contributed by atoms with Crippen LogP contribution in [0.1, 0.15) is 148 Å². The number of ether oxygens (including phenoxy) is 1. The molecule has 13 rings (SSSR count). The van der Waals surface area contributed by atoms with Crippen molar-refractivity contribution in [2.75, 3.05) is 13.1 Å². The number of rotatable bonds is 9. The van der Waals surface area contributed by atoms with Gasteiger partial charge in [0.1, 0.15) is 6.10 Å². The van der Waals surface area contributed by atoms with Crippen molar-refractivity contribution in [2.24, 2.45) is 74.4 Å². The predicted octanol–water partition coefficient (Wildman–Crippen LogP) is 12.2. The van der Waals surface area contributed by atoms with Crippen molar-refractivity contribution in [3.05, 3.63) is 84.0 Å². The maximum atomic E-state index is 15.4. The molecule has 63 heavy (non-hydrogen) atoms. The number of amides is 1. The van der Waals surface area contributed by atoms with E-state index in [2.05, 4.69) is 82.0 Å². The number of aliphatic hydroxyl groups excluding tert-OH is 1. The topological polar surface area (TPSA) is 87.1 Å². The second kappa shape index (κ2) is 14.9. The molecule has 0 heterocycles. The van der Waals surface area contributed by atoms with Gasteiger partial charge in [0.05, 0.1) is 18.2 Å². The molecule has 0 aromatic heterocycles. The van der Waals surface area contributed by atoms with E-state index in [9.17, 15) is 10.2 Å². The Bertz CT molecular complexity index is 2140. The van der Waals surface area contributed by atoms with Crippen LogP contribution in [0.5, 0.6) is 0 Å². The number of aliphatic hydroxyl groups is 2. The highest BCUT2D eigenvalue weighted by atomic mass is 16.6. The molecule has 2 spiro atoms. The van der Waals surface area contributed by atoms with Crippen molar-refractivity contribution in [2.45, 2.75) is 155 Å². The summed E-state index contributed by atoms with van der Waals surface area (Å²) in [5.74, 6) is 3.94. The largest absolute Gasteiger partial charge is 0.446 e. The summed E-state index contributed by atoms with van der Waals surface area (Å²) in [7, 11) is 0. The van der Waals surface area contributed by atoms with Crippen molar-refractivity contribution in [1.82, 2.24) is 4.90 Å². The lowest BCUT2D eigenvalue weighted by atomic mass is 9.32. The van der Waals surface area contributed by atoms with Crippen LogP contribution in [0.25, 0.3) is 11.1 Å². The Hall–Kier alpha value is -3.22. The first kappa shape index (κ1) is 42.4. The summed E-state index contributed by atoms with van der Waals surface area (Å²) >= 11 is 0. The predicted molar refractivity (Wildman–Crippen MR) is 249 cm³/mol. The molecule has 11 aliphatic rings. The van der Waals surface area contributed by atoms with E-state index in [0.717, 1.165) is 79.4 Å². The highest BCUT2D eigenvalue weighted by molar-refractivity contribution is 6.10. The summed E-state index contributed by atoms with van der Waals surface area (Å²) in [4.78, 5) is 32.6. The number of carbonyl (C=O) groups is 2. The quantitative estimate of drug-likeness (QED) is 0.194. The SMILES string of the molecule is CC(C)[C@H]1CC[C@H](C)C[C@@H]1OC(=O)N(CC12CC3CC(CC(C3)C1)C2)C[C@]1(O)CC[C@H]2[C@]34C=C[C@@]5(C=C3C(=O)c3ccc(-c6ccccc6)cc3)CC(O)CC[C@]5(C)[C@H]4CC[C@@]21C. The van der Waals surface area contributed by atoms with Gasteiger partial charge in [-0.1, -0.05) is 114 Å². The van der Waals surface area contributed by atoms with E-state index in [-0.39, 0.29) is 40.6 Å². The number of ketones is 1. The third-order valence-electron chi connectivity index (χ3n) is 20.8. The molecule has 1 unspecified atom stereocenters. The van der Waals surface area contributed by atoms with Gasteiger partial charge in [-0.15, -0.1) is 0 Å². The molecule has 11 atom stereocenters. The van der Waals surface area contributed by atoms with Crippen LogP contribution in [0.4, 0.5) is 4.79 Å². The number of allylic oxidation sites excluding steroid dienone is 4. The Kier molecular flexibility index (Phi) is 10.0. The van der Waals surface area contributed by atoms with Gasteiger partial charge in [0, 0.05) is 33.9 Å². The molecule has 2 aromatic carbocycles. The van der Waals surface area contributed by atoms with Crippen LogP contribution in [0.15, 0.2) is 78.4 Å². The maximum absolute atomic E-state index is 15.4. The van der Waals surface area contributed by atoms with E-state index in [1.165, 1.54) is 44.9 Å². The van der Waals surface area contributed by atoms with Crippen molar-refractivity contribution < 1.29 is 24.5 Å². The fraction of sp³-hybridized carbons (Fsp3) is 0.684. The normalized spacial score (nSPS) is 45.3. The Morgan fingerprint density at radius 3 is 2.06 bits per heavy atom. The lowest BCUT2D eigenvalue weighted by molar-refractivity contribution is -0.177. The zero-order valence-electron chi connectivity index (χ0n) is 39.0. The standard InChI is InChI=1S/C57H75NO5/c1-36(2)45-16-11-37(3)25-47(45)63-51(61)58(34-54-29-38-26-39(30-54)28-40(27-38)31-54)35-56(62)22-19-49-53(56,5)21-18-48-52(4)20-17-44(59)32-55(52)23-24-57(48,49)46(33-55)50(60)43-14-12-42(13-15-43)41-9-7-6-8-10-41/h6-10,12-15,23-24,33,36-40,44-45,47-49,59,62H,11,16-22,25-32,34-35H2,1-5H3/t37-,38?,39?,40?,44?,45+,47-,48+,49+,52+,53-,54?,55-,56+,57+/m0/s1. The number of hydrogen-bond acceptors (Lipinski definition) is 5. The Morgan fingerprint density at radius 1 is 0.746 bits per heavy atom. The van der Waals surface area contributed by atoms with Gasteiger partial charge in [0.25, 0.3) is 0 Å². The third-order valence-corrected chi connectivity index (χ3v) is 20.8. The minimum Gasteiger partial charge on any atom is -0.446 e. The number of hydrogen-bond donors (Lipinski definition) is 2. The molecule has 2 aromatic rings. The molecule has 0 aliphatic heterocycles. The molecular weight excluding hydrogens is 779 g/mol. The molecule has 338 valence electrons. The zero-order chi connectivity index (χ0) is 43.7. The lowest BCUT2D eigenvalue weighted by Gasteiger charge is -2.71. The first-order chi connectivity index (χ1) is 30.1. The van der Waals surface area contributed by atoms with E-state index in [0.29, 0.717) is 49.2 Å². The van der Waals surface area contributed by atoms with Crippen molar-refractivity contribution in [3.8, 4) is 11.1 Å². The van der Waals surface area contributed by atoms with Gasteiger partial charge in [-0.2, -0.15) is 0 Å². The molecule has 0 saturated heterocycles. The van der Waals surface area contributed by atoms with E-state index < -0.39 is 27.9 Å². The van der Waals surface area contributed by atoms with Gasteiger partial charge in [-0.3, -0.25) is 4.79 Å². The number of Topliss-reactive ketones (excluding diaryl/α,β-unsaturated/α-hetero) is 1. The van der Waals surface area contributed by atoms with Crippen molar-refractivity contribution in [1.29, 1.82) is 0 Å². The van der Waals surface area contributed by atoms with Crippen molar-refractivity contribution >= 4 is 11.9 Å². The fourth-order valence-corrected chi connectivity index (χ4v) is 18.0. The van der Waals surface area contributed by atoms with Gasteiger partial charge < -0.3 is 19.8 Å². The van der Waals surface area contributed by atoms with Gasteiger partial charge in [-0.25, -0.2) is 4.79 Å². The van der Waals surface area contributed by atoms with Gasteiger partial charge in [0.2, 0.25) is 0 Å². The monoisotopic (exact) mass is 854 g/mol. The Balaban J connectivity index is 0.953. The molecular formula is C57H75NO5. The molecule has 0 radical (unpaired) electrons. The van der Waals surface area contributed by atoms with E-state index in [4.69, 9.17) is 4.74 Å². The number of nitrogens with zero attached hydrogens (tertiary/aromatic N) is 1. The van der Waals surface area contributed by atoms with Crippen LogP contribution < -0.4 is 0 Å². The average molecular weight is 854 g/mol. The van der Waals surface area contributed by atoms with Crippen LogP contribution in [0.2, 0.25) is 0 Å². The van der Waals surface area contributed by atoms with Crippen LogP contribution in [-0.4, -0.2) is 57.9 Å². The lowest BCUT2D eigenvalue weighted by Crippen LogP contribution is -2.67. The summed E-state index contributed by atoms with van der Waals surface area (Å²) in [5.41, 5.74) is 1.17. The van der Waals surface area contributed by atoms with E-state index >= 15 is 9.59 Å². The number of fused-ring (bicyclic) bond motifs is 1. The molecule has 2 N–H and O–H groups in total. The molecule has 1 amide bonds. The second-order valence-electron chi connectivity index (χ2n) is 24.6. The summed E-state index contributed by atoms with van der Waals surface area (Å²) in [6.07, 6.45) is 22.8. The van der Waals surface area contributed by atoms with Crippen LogP contribution in [0, 0.1) is 74.4 Å². The number of benzene rings is 2. The first-order valence-corrected chi connectivity index (χ1v) is 25.6. The second-order valence-corrected chi connectivity index (χ2v) is 24.6. The molecule has 6 heteroatoms. The van der Waals surface area contributed by atoms with E-state index in [1.54, 1.807) is 0 Å². The molecule has 6 nitrogen and oxygen atoms in total. The van der Waals surface area contributed by atoms with Crippen LogP contribution in [-0.2, 0) is 4.74 Å². The van der Waals surface area contributed by atoms with Gasteiger partial charge in [0.15, 0.2) is 5.78 Å². The Labute approximate surface area is 377 Å². The van der Waals surface area contributed by atoms with Gasteiger partial charge >= 0.3 is 6.09 Å². The summed E-state index contributed by atoms with van der Waals surface area (Å²) < 4.78 is 6.77. The molecule has 8 saturated carbocycles. The first-order valence-electron chi connectivity index (χ1n) is 25.6. The molecule has 6 bridgehead atoms. The van der Waals surface area contributed by atoms with Crippen molar-refractivity contribution in [3.63, 3.8) is 0 Å². The minimum atomic E-state index is -1.13. The van der Waals surface area contributed by atoms with Crippen LogP contribution >= 0.6 is 0 Å². The highest BCUT2D eigenvalue weighted by Gasteiger charge is 2.75. The number of carbonyl (C=O) groups excluding carboxylic acids is 2. The molecule has 11 aliphatic carbocycles. The highest BCUT2D eigenvalue weighted by Crippen LogP contribution is 2.78. The fourth-order valence-electron chi connectivity index (χ4n) is 18.0. The smallest absolute Gasteiger partial charge is 0.410 e. The van der Waals surface area contributed by atoms with Gasteiger partial charge in [-0.05, 0) is 166 Å². The summed E-state index contributed by atoms with van der Waals surface area (Å²) in [5, 5.41) is 24.9. The maximum Gasteiger partial charge on any atom is 0.410 e. The summed E-state index contributed by atoms with van der Waals surface area (Å²) in [6, 6.07) is 18.5. The molecule has 8 fully saturated rings. The minimum absolute atomic E-state index is 0.0210. The average Bonchev–Trinajstić information content (AvgIpc) is 3.52. The Morgan fingerprint density at radius 2 is 1.38 bits per heavy atom.